The molecular weight excluding hydrogens is 238 g/mol. The fourth-order valence-electron chi connectivity index (χ4n) is 2.23. The molecule has 0 radical (unpaired) electrons. The highest BCUT2D eigenvalue weighted by molar-refractivity contribution is 5.74. The quantitative estimate of drug-likeness (QED) is 0.771. The van der Waals surface area contributed by atoms with Gasteiger partial charge >= 0.3 is 0 Å². The van der Waals surface area contributed by atoms with E-state index in [1.807, 2.05) is 32.4 Å². The molecule has 5 nitrogen and oxygen atoms in total. The predicted molar refractivity (Wildman–Crippen MR) is 73.6 cm³/mol. The number of hydrogen-bond acceptors (Lipinski definition) is 4. The lowest BCUT2D eigenvalue weighted by Crippen LogP contribution is -2.18. The van der Waals surface area contributed by atoms with E-state index in [1.165, 1.54) is 0 Å². The summed E-state index contributed by atoms with van der Waals surface area (Å²) < 4.78 is 1.81. The van der Waals surface area contributed by atoms with Crippen molar-refractivity contribution in [2.24, 2.45) is 7.05 Å². The number of nitrogens with zero attached hydrogens (tertiary/aromatic N) is 4. The lowest BCUT2D eigenvalue weighted by atomic mass is 10.0. The molecular formula is C14H15N5. The molecule has 0 saturated carbocycles. The standard InChI is InChI=1S/C14H15N5/c1-15-14(12-5-8-19(2)18-12)10-3-4-11-13(9-10)17-7-6-16-11/h3-9,14-15H,1-2H3. The van der Waals surface area contributed by atoms with Crippen molar-refractivity contribution in [3.8, 4) is 0 Å². The van der Waals surface area contributed by atoms with Crippen molar-refractivity contribution >= 4 is 11.0 Å². The Morgan fingerprint density at radius 1 is 1.11 bits per heavy atom. The smallest absolute Gasteiger partial charge is 0.0890 e. The Hall–Kier alpha value is -2.27. The van der Waals surface area contributed by atoms with E-state index in [4.69, 9.17) is 0 Å². The highest BCUT2D eigenvalue weighted by atomic mass is 15.3. The average Bonchev–Trinajstić information content (AvgIpc) is 2.86. The van der Waals surface area contributed by atoms with E-state index in [2.05, 4.69) is 32.5 Å². The second-order valence-electron chi connectivity index (χ2n) is 4.44. The molecule has 5 heteroatoms. The lowest BCUT2D eigenvalue weighted by molar-refractivity contribution is 0.642. The van der Waals surface area contributed by atoms with Crippen LogP contribution in [0.4, 0.5) is 0 Å². The number of nitrogens with one attached hydrogen (secondary N) is 1. The summed E-state index contributed by atoms with van der Waals surface area (Å²) in [6.07, 6.45) is 5.36. The number of aromatic nitrogens is 4. The number of benzene rings is 1. The molecule has 1 aromatic carbocycles. The zero-order valence-electron chi connectivity index (χ0n) is 10.9. The van der Waals surface area contributed by atoms with E-state index >= 15 is 0 Å². The van der Waals surface area contributed by atoms with Gasteiger partial charge in [0.05, 0.1) is 22.8 Å². The molecule has 3 aromatic rings. The summed E-state index contributed by atoms with van der Waals surface area (Å²) in [4.78, 5) is 8.62. The van der Waals surface area contributed by atoms with Crippen LogP contribution in [0.25, 0.3) is 11.0 Å². The molecule has 0 amide bonds. The van der Waals surface area contributed by atoms with Crippen molar-refractivity contribution in [1.82, 2.24) is 25.1 Å². The van der Waals surface area contributed by atoms with Crippen LogP contribution in [0.2, 0.25) is 0 Å². The molecule has 0 aliphatic carbocycles. The van der Waals surface area contributed by atoms with E-state index in [9.17, 15) is 0 Å². The first-order valence-corrected chi connectivity index (χ1v) is 6.15. The fourth-order valence-corrected chi connectivity index (χ4v) is 2.23. The van der Waals surface area contributed by atoms with Gasteiger partial charge in [-0.2, -0.15) is 5.10 Å². The van der Waals surface area contributed by atoms with E-state index in [0.717, 1.165) is 22.3 Å². The number of hydrogen-bond donors (Lipinski definition) is 1. The van der Waals surface area contributed by atoms with Crippen molar-refractivity contribution < 1.29 is 0 Å². The first kappa shape index (κ1) is 11.8. The van der Waals surface area contributed by atoms with Crippen LogP contribution in [0, 0.1) is 0 Å². The summed E-state index contributed by atoms with van der Waals surface area (Å²) in [7, 11) is 3.85. The largest absolute Gasteiger partial charge is 0.308 e. The van der Waals surface area contributed by atoms with Crippen LogP contribution < -0.4 is 5.32 Å². The third-order valence-corrected chi connectivity index (χ3v) is 3.15. The van der Waals surface area contributed by atoms with Gasteiger partial charge in [0.1, 0.15) is 0 Å². The molecule has 0 aliphatic rings. The van der Waals surface area contributed by atoms with Gasteiger partial charge in [-0.25, -0.2) is 0 Å². The Bertz CT molecular complexity index is 704. The van der Waals surface area contributed by atoms with Crippen LogP contribution in [0.15, 0.2) is 42.9 Å². The minimum absolute atomic E-state index is 0.0626. The highest BCUT2D eigenvalue weighted by Crippen LogP contribution is 2.22. The first-order chi connectivity index (χ1) is 9.28. The summed E-state index contributed by atoms with van der Waals surface area (Å²) in [5, 5.41) is 7.75. The second-order valence-corrected chi connectivity index (χ2v) is 4.44. The van der Waals surface area contributed by atoms with Gasteiger partial charge in [0.25, 0.3) is 0 Å². The van der Waals surface area contributed by atoms with Crippen LogP contribution in [0.1, 0.15) is 17.3 Å². The molecule has 3 rings (SSSR count). The van der Waals surface area contributed by atoms with Crippen LogP contribution >= 0.6 is 0 Å². The minimum atomic E-state index is 0.0626. The Labute approximate surface area is 111 Å². The zero-order valence-corrected chi connectivity index (χ0v) is 10.9. The fraction of sp³-hybridized carbons (Fsp3) is 0.214. The van der Waals surface area contributed by atoms with E-state index in [-0.39, 0.29) is 6.04 Å². The van der Waals surface area contributed by atoms with Gasteiger partial charge in [-0.05, 0) is 30.8 Å². The Balaban J connectivity index is 2.06. The second kappa shape index (κ2) is 4.78. The molecule has 2 heterocycles. The average molecular weight is 253 g/mol. The van der Waals surface area contributed by atoms with Crippen LogP contribution in [-0.2, 0) is 7.05 Å². The summed E-state index contributed by atoms with van der Waals surface area (Å²) in [6, 6.07) is 8.19. The topological polar surface area (TPSA) is 55.6 Å². The normalized spacial score (nSPS) is 12.7. The third kappa shape index (κ3) is 2.20. The van der Waals surface area contributed by atoms with Gasteiger partial charge in [0.2, 0.25) is 0 Å². The van der Waals surface area contributed by atoms with Crippen molar-refractivity contribution in [3.05, 3.63) is 54.1 Å². The lowest BCUT2D eigenvalue weighted by Gasteiger charge is -2.14. The van der Waals surface area contributed by atoms with Gasteiger partial charge in [-0.15, -0.1) is 0 Å². The molecule has 96 valence electrons. The van der Waals surface area contributed by atoms with Crippen molar-refractivity contribution in [2.45, 2.75) is 6.04 Å². The zero-order chi connectivity index (χ0) is 13.2. The summed E-state index contributed by atoms with van der Waals surface area (Å²) in [6.45, 7) is 0. The Kier molecular flexibility index (Phi) is 2.97. The van der Waals surface area contributed by atoms with Crippen LogP contribution in [0.5, 0.6) is 0 Å². The van der Waals surface area contributed by atoms with E-state index in [1.54, 1.807) is 17.1 Å². The van der Waals surface area contributed by atoms with Gasteiger partial charge < -0.3 is 5.32 Å². The van der Waals surface area contributed by atoms with Crippen LogP contribution in [0.3, 0.4) is 0 Å². The third-order valence-electron chi connectivity index (χ3n) is 3.15. The van der Waals surface area contributed by atoms with E-state index in [0.29, 0.717) is 0 Å². The van der Waals surface area contributed by atoms with Crippen LogP contribution in [-0.4, -0.2) is 26.8 Å². The molecule has 1 unspecified atom stereocenters. The van der Waals surface area contributed by atoms with Gasteiger partial charge in [0.15, 0.2) is 0 Å². The van der Waals surface area contributed by atoms with Gasteiger partial charge in [-0.3, -0.25) is 14.6 Å². The number of fused-ring (bicyclic) bond motifs is 1. The highest BCUT2D eigenvalue weighted by Gasteiger charge is 2.15. The Morgan fingerprint density at radius 2 is 1.89 bits per heavy atom. The number of aryl methyl sites for hydroxylation is 1. The molecule has 19 heavy (non-hydrogen) atoms. The maximum atomic E-state index is 4.46. The summed E-state index contributed by atoms with van der Waals surface area (Å²) in [5.41, 5.74) is 3.93. The summed E-state index contributed by atoms with van der Waals surface area (Å²) >= 11 is 0. The minimum Gasteiger partial charge on any atom is -0.308 e. The van der Waals surface area contributed by atoms with Gasteiger partial charge in [-0.1, -0.05) is 6.07 Å². The van der Waals surface area contributed by atoms with E-state index < -0.39 is 0 Å². The first-order valence-electron chi connectivity index (χ1n) is 6.15. The molecule has 0 spiro atoms. The molecule has 0 saturated heterocycles. The molecule has 2 aromatic heterocycles. The van der Waals surface area contributed by atoms with Gasteiger partial charge in [0, 0.05) is 25.6 Å². The van der Waals surface area contributed by atoms with Crippen molar-refractivity contribution in [1.29, 1.82) is 0 Å². The molecule has 0 bridgehead atoms. The Morgan fingerprint density at radius 3 is 2.58 bits per heavy atom. The maximum Gasteiger partial charge on any atom is 0.0890 e. The SMILES string of the molecule is CNC(c1ccc2nccnc2c1)c1ccn(C)n1. The maximum absolute atomic E-state index is 4.46. The predicted octanol–water partition coefficient (Wildman–Crippen LogP) is 1.67. The van der Waals surface area contributed by atoms with Crippen molar-refractivity contribution in [3.63, 3.8) is 0 Å². The molecule has 0 aliphatic heterocycles. The number of rotatable bonds is 3. The molecule has 1 atom stereocenters. The summed E-state index contributed by atoms with van der Waals surface area (Å²) in [5.74, 6) is 0. The molecule has 1 N–H and O–H groups in total. The monoisotopic (exact) mass is 253 g/mol. The van der Waals surface area contributed by atoms with Crippen molar-refractivity contribution in [2.75, 3.05) is 7.05 Å². The molecule has 0 fully saturated rings.